The number of rotatable bonds is 6. The van der Waals surface area contributed by atoms with E-state index in [1.165, 1.54) is 4.88 Å². The number of ether oxygens (including phenoxy) is 1. The molecule has 0 unspecified atom stereocenters. The minimum Gasteiger partial charge on any atom is -0.381 e. The van der Waals surface area contributed by atoms with Gasteiger partial charge in [0.15, 0.2) is 0 Å². The number of piperidine rings is 2. The molecule has 0 bridgehead atoms. The Balaban J connectivity index is 1.65. The summed E-state index contributed by atoms with van der Waals surface area (Å²) in [6.07, 6.45) is 6.78. The lowest BCUT2D eigenvalue weighted by Gasteiger charge is -2.40. The van der Waals surface area contributed by atoms with Gasteiger partial charge < -0.3 is 4.74 Å². The molecule has 7 heteroatoms. The Morgan fingerprint density at radius 2 is 2.00 bits per heavy atom. The van der Waals surface area contributed by atoms with Gasteiger partial charge in [-0.2, -0.15) is 17.0 Å². The summed E-state index contributed by atoms with van der Waals surface area (Å²) in [6.45, 7) is 1.83. The zero-order chi connectivity index (χ0) is 17.0. The first-order chi connectivity index (χ1) is 11.6. The van der Waals surface area contributed by atoms with Gasteiger partial charge in [-0.05, 0) is 50.0 Å². The van der Waals surface area contributed by atoms with E-state index in [1.807, 2.05) is 0 Å². The molecule has 0 N–H and O–H groups in total. The highest BCUT2D eigenvalue weighted by atomic mass is 32.2. The Morgan fingerprint density at radius 1 is 1.21 bits per heavy atom. The third kappa shape index (κ3) is 4.19. The predicted molar refractivity (Wildman–Crippen MR) is 97.5 cm³/mol. The highest BCUT2D eigenvalue weighted by molar-refractivity contribution is 7.86. The fraction of sp³-hybridized carbons (Fsp3) is 0.765. The predicted octanol–water partition coefficient (Wildman–Crippen LogP) is 2.89. The van der Waals surface area contributed by atoms with Gasteiger partial charge in [-0.25, -0.2) is 0 Å². The van der Waals surface area contributed by atoms with Crippen molar-refractivity contribution in [2.45, 2.75) is 57.1 Å². The first-order valence-corrected chi connectivity index (χ1v) is 11.2. The average Bonchev–Trinajstić information content (AvgIpc) is 3.14. The molecule has 0 aliphatic carbocycles. The van der Waals surface area contributed by atoms with E-state index in [-0.39, 0.29) is 12.1 Å². The van der Waals surface area contributed by atoms with Crippen molar-refractivity contribution in [1.82, 2.24) is 8.61 Å². The molecule has 1 aromatic rings. The van der Waals surface area contributed by atoms with Gasteiger partial charge >= 0.3 is 0 Å². The summed E-state index contributed by atoms with van der Waals surface area (Å²) in [5.41, 5.74) is 0. The second kappa shape index (κ2) is 8.27. The van der Waals surface area contributed by atoms with Gasteiger partial charge in [-0.3, -0.25) is 0 Å². The molecule has 1 atom stereocenters. The Bertz CT molecular complexity index is 595. The lowest BCUT2D eigenvalue weighted by molar-refractivity contribution is 0.0581. The molecule has 0 saturated carbocycles. The third-order valence-corrected chi connectivity index (χ3v) is 8.26. The quantitative estimate of drug-likeness (QED) is 0.771. The molecule has 3 heterocycles. The van der Waals surface area contributed by atoms with E-state index in [1.54, 1.807) is 27.1 Å². The summed E-state index contributed by atoms with van der Waals surface area (Å²) >= 11 is 1.76. The van der Waals surface area contributed by atoms with Gasteiger partial charge in [0.25, 0.3) is 10.2 Å². The maximum atomic E-state index is 13.1. The number of methoxy groups -OCH3 is 1. The number of thiophene rings is 1. The van der Waals surface area contributed by atoms with Crippen molar-refractivity contribution in [3.63, 3.8) is 0 Å². The molecule has 24 heavy (non-hydrogen) atoms. The molecule has 0 amide bonds. The number of hydrogen-bond acceptors (Lipinski definition) is 4. The van der Waals surface area contributed by atoms with Gasteiger partial charge in [0.05, 0.1) is 6.10 Å². The molecule has 0 aromatic carbocycles. The van der Waals surface area contributed by atoms with Crippen LogP contribution in [0.3, 0.4) is 0 Å². The van der Waals surface area contributed by atoms with Gasteiger partial charge in [-0.15, -0.1) is 11.3 Å². The Kier molecular flexibility index (Phi) is 6.32. The van der Waals surface area contributed by atoms with Crippen LogP contribution in [-0.2, 0) is 21.4 Å². The Morgan fingerprint density at radius 3 is 2.67 bits per heavy atom. The van der Waals surface area contributed by atoms with Crippen LogP contribution >= 0.6 is 11.3 Å². The molecule has 0 radical (unpaired) electrons. The van der Waals surface area contributed by atoms with Gasteiger partial charge in [0.2, 0.25) is 0 Å². The summed E-state index contributed by atoms with van der Waals surface area (Å²) in [5.74, 6) is 0. The van der Waals surface area contributed by atoms with Gasteiger partial charge in [0, 0.05) is 37.7 Å². The minimum absolute atomic E-state index is 0.144. The van der Waals surface area contributed by atoms with E-state index in [9.17, 15) is 8.42 Å². The number of hydrogen-bond donors (Lipinski definition) is 0. The molecular formula is C17H28N2O3S2. The van der Waals surface area contributed by atoms with Crippen LogP contribution in [0.4, 0.5) is 0 Å². The van der Waals surface area contributed by atoms with Gasteiger partial charge in [0.1, 0.15) is 0 Å². The standard InChI is InChI=1S/C17H28N2O3S2/c1-22-16-9-12-18(13-10-16)24(20,21)19-11-3-2-5-15(19)7-8-17-6-4-14-23-17/h4,6,14-16H,2-3,5,7-13H2,1H3/t15-/m0/s1. The van der Waals surface area contributed by atoms with Crippen LogP contribution in [0, 0.1) is 0 Å². The summed E-state index contributed by atoms with van der Waals surface area (Å²) in [4.78, 5) is 1.35. The summed E-state index contributed by atoms with van der Waals surface area (Å²) in [6, 6.07) is 4.35. The summed E-state index contributed by atoms with van der Waals surface area (Å²) in [7, 11) is -1.63. The van der Waals surface area contributed by atoms with E-state index in [4.69, 9.17) is 4.74 Å². The van der Waals surface area contributed by atoms with E-state index < -0.39 is 10.2 Å². The highest BCUT2D eigenvalue weighted by Gasteiger charge is 2.37. The highest BCUT2D eigenvalue weighted by Crippen LogP contribution is 2.28. The zero-order valence-electron chi connectivity index (χ0n) is 14.4. The molecular weight excluding hydrogens is 344 g/mol. The maximum absolute atomic E-state index is 13.1. The van der Waals surface area contributed by atoms with Crippen LogP contribution in [0.25, 0.3) is 0 Å². The van der Waals surface area contributed by atoms with Crippen LogP contribution in [0.1, 0.15) is 43.4 Å². The van der Waals surface area contributed by atoms with Crippen molar-refractivity contribution >= 4 is 21.5 Å². The molecule has 5 nitrogen and oxygen atoms in total. The Labute approximate surface area is 149 Å². The molecule has 3 rings (SSSR count). The van der Waals surface area contributed by atoms with Crippen LogP contribution in [0.2, 0.25) is 0 Å². The van der Waals surface area contributed by atoms with Crippen LogP contribution in [0.5, 0.6) is 0 Å². The van der Waals surface area contributed by atoms with E-state index in [2.05, 4.69) is 17.5 Å². The van der Waals surface area contributed by atoms with Crippen molar-refractivity contribution < 1.29 is 13.2 Å². The molecule has 136 valence electrons. The fourth-order valence-electron chi connectivity index (χ4n) is 3.78. The monoisotopic (exact) mass is 372 g/mol. The van der Waals surface area contributed by atoms with E-state index in [0.717, 1.165) is 44.9 Å². The lowest BCUT2D eigenvalue weighted by atomic mass is 10.0. The van der Waals surface area contributed by atoms with Crippen molar-refractivity contribution in [3.05, 3.63) is 22.4 Å². The summed E-state index contributed by atoms with van der Waals surface area (Å²) < 4.78 is 35.1. The summed E-state index contributed by atoms with van der Waals surface area (Å²) in [5, 5.41) is 2.09. The molecule has 1 aromatic heterocycles. The largest absolute Gasteiger partial charge is 0.381 e. The molecule has 0 spiro atoms. The third-order valence-electron chi connectivity index (χ3n) is 5.23. The number of aryl methyl sites for hydroxylation is 1. The van der Waals surface area contributed by atoms with Crippen molar-refractivity contribution in [2.24, 2.45) is 0 Å². The second-order valence-electron chi connectivity index (χ2n) is 6.72. The van der Waals surface area contributed by atoms with Crippen molar-refractivity contribution in [1.29, 1.82) is 0 Å². The van der Waals surface area contributed by atoms with Crippen molar-refractivity contribution in [3.8, 4) is 0 Å². The number of nitrogens with zero attached hydrogens (tertiary/aromatic N) is 2. The van der Waals surface area contributed by atoms with E-state index in [0.29, 0.717) is 19.6 Å². The first-order valence-electron chi connectivity index (χ1n) is 8.93. The molecule has 2 saturated heterocycles. The smallest absolute Gasteiger partial charge is 0.282 e. The maximum Gasteiger partial charge on any atom is 0.282 e. The van der Waals surface area contributed by atoms with Crippen LogP contribution in [0.15, 0.2) is 17.5 Å². The normalized spacial score (nSPS) is 25.1. The average molecular weight is 373 g/mol. The fourth-order valence-corrected chi connectivity index (χ4v) is 6.42. The topological polar surface area (TPSA) is 49.9 Å². The lowest BCUT2D eigenvalue weighted by Crippen LogP contribution is -2.53. The first kappa shape index (κ1) is 18.3. The van der Waals surface area contributed by atoms with Crippen molar-refractivity contribution in [2.75, 3.05) is 26.7 Å². The Hall–Kier alpha value is -0.470. The molecule has 2 aliphatic heterocycles. The minimum atomic E-state index is -3.34. The van der Waals surface area contributed by atoms with Crippen LogP contribution < -0.4 is 0 Å². The van der Waals surface area contributed by atoms with Crippen LogP contribution in [-0.4, -0.2) is 55.9 Å². The second-order valence-corrected chi connectivity index (χ2v) is 9.63. The SMILES string of the molecule is COC1CCN(S(=O)(=O)N2CCCC[C@H]2CCc2cccs2)CC1. The zero-order valence-corrected chi connectivity index (χ0v) is 16.0. The molecule has 2 aliphatic rings. The van der Waals surface area contributed by atoms with Gasteiger partial charge in [-0.1, -0.05) is 12.5 Å². The van der Waals surface area contributed by atoms with E-state index >= 15 is 0 Å². The molecule has 2 fully saturated rings.